The Morgan fingerprint density at radius 1 is 0.969 bits per heavy atom. The molecule has 1 aromatic carbocycles. The lowest BCUT2D eigenvalue weighted by atomic mass is 10.1. The van der Waals surface area contributed by atoms with E-state index in [1.807, 2.05) is 48.3 Å². The van der Waals surface area contributed by atoms with Crippen LogP contribution < -0.4 is 15.0 Å². The zero-order chi connectivity index (χ0) is 23.1. The van der Waals surface area contributed by atoms with Crippen molar-refractivity contribution in [1.82, 2.24) is 19.9 Å². The van der Waals surface area contributed by atoms with Gasteiger partial charge in [0.25, 0.3) is 0 Å². The number of ether oxygens (including phenoxy) is 1. The number of hydrogen-bond acceptors (Lipinski definition) is 7. The quantitative estimate of drug-likeness (QED) is 0.581. The number of rotatable bonds is 8. The van der Waals surface area contributed by atoms with Crippen LogP contribution in [-0.2, 0) is 9.59 Å². The molecule has 2 heterocycles. The molecule has 166 valence electrons. The number of benzene rings is 1. The molecule has 0 bridgehead atoms. The maximum Gasteiger partial charge on any atom is 0.239 e. The second kappa shape index (κ2) is 10.3. The number of hydrogen-bond donors (Lipinski definition) is 1. The Bertz CT molecular complexity index is 1090. The molecule has 0 radical (unpaired) electrons. The summed E-state index contributed by atoms with van der Waals surface area (Å²) in [6, 6.07) is 12.9. The molecule has 2 amide bonds. The van der Waals surface area contributed by atoms with Crippen LogP contribution in [0.25, 0.3) is 11.3 Å². The number of amides is 2. The van der Waals surface area contributed by atoms with Crippen molar-refractivity contribution in [2.45, 2.75) is 13.8 Å². The van der Waals surface area contributed by atoms with Gasteiger partial charge in [-0.25, -0.2) is 4.98 Å². The van der Waals surface area contributed by atoms with E-state index in [9.17, 15) is 9.59 Å². The highest BCUT2D eigenvalue weighted by atomic mass is 16.5. The molecule has 9 heteroatoms. The summed E-state index contributed by atoms with van der Waals surface area (Å²) in [5.74, 6) is 1.97. The minimum atomic E-state index is -0.168. The van der Waals surface area contributed by atoms with Crippen LogP contribution in [0.2, 0.25) is 0 Å². The Labute approximate surface area is 187 Å². The molecule has 3 aromatic rings. The second-order valence-electron chi connectivity index (χ2n) is 7.29. The van der Waals surface area contributed by atoms with E-state index in [0.29, 0.717) is 36.4 Å². The normalized spacial score (nSPS) is 10.4. The molecule has 0 aliphatic carbocycles. The number of nitrogens with zero attached hydrogens (tertiary/aromatic N) is 5. The average molecular weight is 435 g/mol. The van der Waals surface area contributed by atoms with E-state index in [1.54, 1.807) is 30.4 Å². The highest BCUT2D eigenvalue weighted by Gasteiger charge is 2.09. The predicted molar refractivity (Wildman–Crippen MR) is 123 cm³/mol. The molecule has 0 spiro atoms. The third-order valence-electron chi connectivity index (χ3n) is 4.72. The van der Waals surface area contributed by atoms with Crippen LogP contribution in [0.3, 0.4) is 0 Å². The number of anilines is 2. The summed E-state index contributed by atoms with van der Waals surface area (Å²) in [7, 11) is 3.65. The summed E-state index contributed by atoms with van der Waals surface area (Å²) in [5, 5.41) is 2.68. The fourth-order valence-electron chi connectivity index (χ4n) is 2.80. The summed E-state index contributed by atoms with van der Waals surface area (Å²) < 4.78 is 5.86. The van der Waals surface area contributed by atoms with Crippen molar-refractivity contribution in [3.05, 3.63) is 54.9 Å². The first-order valence-electron chi connectivity index (χ1n) is 10.1. The first kappa shape index (κ1) is 22.7. The van der Waals surface area contributed by atoms with E-state index in [2.05, 4.69) is 20.3 Å². The van der Waals surface area contributed by atoms with E-state index >= 15 is 0 Å². The lowest BCUT2D eigenvalue weighted by molar-refractivity contribution is -0.127. The van der Waals surface area contributed by atoms with Crippen molar-refractivity contribution < 1.29 is 14.3 Å². The van der Waals surface area contributed by atoms with Crippen LogP contribution in [0.4, 0.5) is 11.6 Å². The molecule has 0 saturated heterocycles. The summed E-state index contributed by atoms with van der Waals surface area (Å²) >= 11 is 0. The lowest BCUT2D eigenvalue weighted by Crippen LogP contribution is -2.33. The molecule has 2 aromatic heterocycles. The molecule has 0 fully saturated rings. The molecule has 0 atom stereocenters. The SMILES string of the molecule is CC(=O)Nc1cccc(-c2ccc(Oc3cncc(N(C)CCN(C)C(C)=O)n3)cc2)n1. The van der Waals surface area contributed by atoms with Gasteiger partial charge in [-0.15, -0.1) is 0 Å². The van der Waals surface area contributed by atoms with Crippen LogP contribution in [0, 0.1) is 0 Å². The van der Waals surface area contributed by atoms with Crippen molar-refractivity contribution in [2.75, 3.05) is 37.4 Å². The highest BCUT2D eigenvalue weighted by molar-refractivity contribution is 5.87. The minimum Gasteiger partial charge on any atom is -0.437 e. The largest absolute Gasteiger partial charge is 0.437 e. The summed E-state index contributed by atoms with van der Waals surface area (Å²) in [6.45, 7) is 4.18. The molecule has 9 nitrogen and oxygen atoms in total. The summed E-state index contributed by atoms with van der Waals surface area (Å²) in [4.78, 5) is 39.3. The third-order valence-corrected chi connectivity index (χ3v) is 4.72. The van der Waals surface area contributed by atoms with E-state index in [0.717, 1.165) is 11.3 Å². The van der Waals surface area contributed by atoms with Crippen LogP contribution in [0.15, 0.2) is 54.9 Å². The molecule has 0 unspecified atom stereocenters. The standard InChI is InChI=1S/C23H26N6O3/c1-16(30)25-21-7-5-6-20(26-21)18-8-10-19(11-9-18)32-23-15-24-14-22(27-23)29(4)13-12-28(3)17(2)31/h5-11,14-15H,12-13H2,1-4H3,(H,25,26,30). The third kappa shape index (κ3) is 6.24. The number of likely N-dealkylation sites (N-methyl/N-ethyl adjacent to an activating group) is 2. The van der Waals surface area contributed by atoms with Gasteiger partial charge in [0.2, 0.25) is 17.7 Å². The van der Waals surface area contributed by atoms with Gasteiger partial charge in [0.05, 0.1) is 18.1 Å². The fraction of sp³-hybridized carbons (Fsp3) is 0.261. The van der Waals surface area contributed by atoms with Crippen molar-refractivity contribution >= 4 is 23.5 Å². The smallest absolute Gasteiger partial charge is 0.239 e. The van der Waals surface area contributed by atoms with Crippen molar-refractivity contribution in [1.29, 1.82) is 0 Å². The van der Waals surface area contributed by atoms with Crippen LogP contribution in [-0.4, -0.2) is 58.9 Å². The predicted octanol–water partition coefficient (Wildman–Crippen LogP) is 3.20. The Hall–Kier alpha value is -4.01. The molecular formula is C23H26N6O3. The number of carbonyl (C=O) groups is 2. The van der Waals surface area contributed by atoms with E-state index in [4.69, 9.17) is 4.74 Å². The monoisotopic (exact) mass is 434 g/mol. The number of carbonyl (C=O) groups excluding carboxylic acids is 2. The van der Waals surface area contributed by atoms with E-state index < -0.39 is 0 Å². The molecular weight excluding hydrogens is 408 g/mol. The fourth-order valence-corrected chi connectivity index (χ4v) is 2.80. The topological polar surface area (TPSA) is 101 Å². The number of pyridine rings is 1. The Kier molecular flexibility index (Phi) is 7.33. The van der Waals surface area contributed by atoms with Gasteiger partial charge in [-0.1, -0.05) is 6.07 Å². The zero-order valence-corrected chi connectivity index (χ0v) is 18.6. The summed E-state index contributed by atoms with van der Waals surface area (Å²) in [5.41, 5.74) is 1.63. The van der Waals surface area contributed by atoms with Crippen molar-refractivity contribution in [2.24, 2.45) is 0 Å². The van der Waals surface area contributed by atoms with E-state index in [1.165, 1.54) is 13.8 Å². The van der Waals surface area contributed by atoms with Crippen LogP contribution in [0.5, 0.6) is 11.6 Å². The molecule has 0 aliphatic rings. The van der Waals surface area contributed by atoms with Gasteiger partial charge in [0.15, 0.2) is 5.82 Å². The van der Waals surface area contributed by atoms with Gasteiger partial charge in [-0.2, -0.15) is 4.98 Å². The minimum absolute atomic E-state index is 0.0158. The maximum absolute atomic E-state index is 11.4. The van der Waals surface area contributed by atoms with Gasteiger partial charge < -0.3 is 19.9 Å². The Morgan fingerprint density at radius 3 is 2.41 bits per heavy atom. The maximum atomic E-state index is 11.4. The van der Waals surface area contributed by atoms with Crippen molar-refractivity contribution in [3.8, 4) is 22.9 Å². The van der Waals surface area contributed by atoms with Gasteiger partial charge >= 0.3 is 0 Å². The molecule has 3 rings (SSSR count). The highest BCUT2D eigenvalue weighted by Crippen LogP contribution is 2.25. The zero-order valence-electron chi connectivity index (χ0n) is 18.6. The van der Waals surface area contributed by atoms with Gasteiger partial charge in [0, 0.05) is 46.6 Å². The molecule has 0 aliphatic heterocycles. The van der Waals surface area contributed by atoms with Crippen LogP contribution >= 0.6 is 0 Å². The molecule has 1 N–H and O–H groups in total. The number of aromatic nitrogens is 3. The Balaban J connectivity index is 1.66. The van der Waals surface area contributed by atoms with E-state index in [-0.39, 0.29) is 11.8 Å². The average Bonchev–Trinajstić information content (AvgIpc) is 2.77. The molecule has 0 saturated carbocycles. The number of nitrogens with one attached hydrogen (secondary N) is 1. The lowest BCUT2D eigenvalue weighted by Gasteiger charge is -2.22. The molecule has 32 heavy (non-hydrogen) atoms. The van der Waals surface area contributed by atoms with Gasteiger partial charge in [0.1, 0.15) is 11.6 Å². The van der Waals surface area contributed by atoms with Gasteiger partial charge in [-0.3, -0.25) is 14.6 Å². The first-order valence-corrected chi connectivity index (χ1v) is 10.1. The van der Waals surface area contributed by atoms with Gasteiger partial charge in [-0.05, 0) is 36.4 Å². The summed E-state index contributed by atoms with van der Waals surface area (Å²) in [6.07, 6.45) is 3.20. The van der Waals surface area contributed by atoms with Crippen molar-refractivity contribution in [3.63, 3.8) is 0 Å². The Morgan fingerprint density at radius 2 is 1.72 bits per heavy atom. The second-order valence-corrected chi connectivity index (χ2v) is 7.29. The first-order chi connectivity index (χ1) is 15.3. The van der Waals surface area contributed by atoms with Crippen LogP contribution in [0.1, 0.15) is 13.8 Å².